The van der Waals surface area contributed by atoms with Crippen LogP contribution in [0, 0.1) is 0 Å². The highest BCUT2D eigenvalue weighted by molar-refractivity contribution is 5.54. The number of benzene rings is 2. The van der Waals surface area contributed by atoms with Gasteiger partial charge in [0.25, 0.3) is 0 Å². The molecule has 0 unspecified atom stereocenters. The maximum Gasteiger partial charge on any atom is 0.231 e. The standard InChI is InChI=1S/C22H24O5/c1-23-19-10-15-14-5-3-4-6-17(14)27-22(16(15)11-20(19)24-2)13-7-8-18-21(9-13)26-12-25-18/h7-11,14,17,22H,3-6,12H2,1-2H3/t14-,17-,22-/m0/s1. The van der Waals surface area contributed by atoms with Crippen molar-refractivity contribution in [3.8, 4) is 23.0 Å². The highest BCUT2D eigenvalue weighted by Gasteiger charge is 2.39. The summed E-state index contributed by atoms with van der Waals surface area (Å²) < 4.78 is 28.8. The topological polar surface area (TPSA) is 46.2 Å². The molecule has 0 aromatic heterocycles. The van der Waals surface area contributed by atoms with Crippen LogP contribution >= 0.6 is 0 Å². The summed E-state index contributed by atoms with van der Waals surface area (Å²) in [4.78, 5) is 0. The molecule has 0 amide bonds. The van der Waals surface area contributed by atoms with Gasteiger partial charge in [0, 0.05) is 5.92 Å². The summed E-state index contributed by atoms with van der Waals surface area (Å²) in [7, 11) is 3.37. The van der Waals surface area contributed by atoms with Crippen molar-refractivity contribution in [2.24, 2.45) is 0 Å². The average Bonchev–Trinajstić information content (AvgIpc) is 3.20. The third kappa shape index (κ3) is 2.72. The Balaban J connectivity index is 1.64. The quantitative estimate of drug-likeness (QED) is 0.794. The van der Waals surface area contributed by atoms with Gasteiger partial charge in [-0.2, -0.15) is 0 Å². The lowest BCUT2D eigenvalue weighted by molar-refractivity contribution is -0.0391. The number of methoxy groups -OCH3 is 2. The zero-order chi connectivity index (χ0) is 18.4. The molecule has 2 heterocycles. The molecule has 2 aromatic rings. The van der Waals surface area contributed by atoms with Crippen molar-refractivity contribution in [3.63, 3.8) is 0 Å². The largest absolute Gasteiger partial charge is 0.493 e. The van der Waals surface area contributed by atoms with E-state index in [4.69, 9.17) is 23.7 Å². The molecule has 5 rings (SSSR count). The molecule has 3 atom stereocenters. The molecule has 142 valence electrons. The van der Waals surface area contributed by atoms with Crippen LogP contribution in [0.25, 0.3) is 0 Å². The molecule has 1 fully saturated rings. The first kappa shape index (κ1) is 16.8. The van der Waals surface area contributed by atoms with Gasteiger partial charge in [0.05, 0.1) is 20.3 Å². The van der Waals surface area contributed by atoms with Gasteiger partial charge in [0.15, 0.2) is 23.0 Å². The van der Waals surface area contributed by atoms with Crippen LogP contribution in [0.4, 0.5) is 0 Å². The van der Waals surface area contributed by atoms with Crippen molar-refractivity contribution in [3.05, 3.63) is 47.0 Å². The molecule has 2 aliphatic heterocycles. The Morgan fingerprint density at radius 1 is 0.852 bits per heavy atom. The van der Waals surface area contributed by atoms with Gasteiger partial charge in [-0.1, -0.05) is 18.9 Å². The minimum atomic E-state index is -0.145. The van der Waals surface area contributed by atoms with E-state index in [9.17, 15) is 0 Å². The molecule has 0 N–H and O–H groups in total. The SMILES string of the molecule is COc1cc2c(cc1OC)[C@@H]1CCCC[C@@H]1O[C@H]2c1ccc2c(c1)OCO2. The zero-order valence-corrected chi connectivity index (χ0v) is 15.7. The fraction of sp³-hybridized carbons (Fsp3) is 0.455. The van der Waals surface area contributed by atoms with E-state index in [1.807, 2.05) is 12.1 Å². The lowest BCUT2D eigenvalue weighted by Crippen LogP contribution is -2.33. The van der Waals surface area contributed by atoms with Crippen LogP contribution in [0.15, 0.2) is 30.3 Å². The van der Waals surface area contributed by atoms with Gasteiger partial charge in [0.1, 0.15) is 6.10 Å². The summed E-state index contributed by atoms with van der Waals surface area (Å²) in [6, 6.07) is 10.3. The lowest BCUT2D eigenvalue weighted by Gasteiger charge is -2.41. The minimum absolute atomic E-state index is 0.145. The Kier molecular flexibility index (Phi) is 4.12. The van der Waals surface area contributed by atoms with Crippen molar-refractivity contribution in [1.82, 2.24) is 0 Å². The molecule has 5 nitrogen and oxygen atoms in total. The number of hydrogen-bond donors (Lipinski definition) is 0. The predicted molar refractivity (Wildman–Crippen MR) is 100 cm³/mol. The maximum absolute atomic E-state index is 6.64. The summed E-state index contributed by atoms with van der Waals surface area (Å²) in [6.07, 6.45) is 4.80. The van der Waals surface area contributed by atoms with Gasteiger partial charge in [0.2, 0.25) is 6.79 Å². The van der Waals surface area contributed by atoms with E-state index < -0.39 is 0 Å². The average molecular weight is 368 g/mol. The van der Waals surface area contributed by atoms with Crippen molar-refractivity contribution in [2.75, 3.05) is 21.0 Å². The monoisotopic (exact) mass is 368 g/mol. The summed E-state index contributed by atoms with van der Waals surface area (Å²) in [5.74, 6) is 3.51. The molecule has 0 radical (unpaired) electrons. The summed E-state index contributed by atoms with van der Waals surface area (Å²) in [5.41, 5.74) is 3.57. The van der Waals surface area contributed by atoms with Crippen LogP contribution in [0.2, 0.25) is 0 Å². The number of hydrogen-bond acceptors (Lipinski definition) is 5. The van der Waals surface area contributed by atoms with Crippen LogP contribution in [0.1, 0.15) is 54.4 Å². The molecule has 0 spiro atoms. The molecule has 2 aromatic carbocycles. The smallest absolute Gasteiger partial charge is 0.231 e. The van der Waals surface area contributed by atoms with E-state index >= 15 is 0 Å². The predicted octanol–water partition coefficient (Wildman–Crippen LogP) is 4.58. The molecular weight excluding hydrogens is 344 g/mol. The molecule has 27 heavy (non-hydrogen) atoms. The first-order valence-electron chi connectivity index (χ1n) is 9.59. The van der Waals surface area contributed by atoms with E-state index in [1.165, 1.54) is 18.4 Å². The third-order valence-corrected chi connectivity index (χ3v) is 5.98. The second-order valence-corrected chi connectivity index (χ2v) is 7.39. The minimum Gasteiger partial charge on any atom is -0.493 e. The van der Waals surface area contributed by atoms with Gasteiger partial charge in [-0.05, 0) is 53.8 Å². The van der Waals surface area contributed by atoms with Crippen molar-refractivity contribution in [1.29, 1.82) is 0 Å². The molecular formula is C22H24O5. The van der Waals surface area contributed by atoms with Crippen LogP contribution < -0.4 is 18.9 Å². The van der Waals surface area contributed by atoms with Gasteiger partial charge >= 0.3 is 0 Å². The molecule has 1 aliphatic carbocycles. The van der Waals surface area contributed by atoms with E-state index in [2.05, 4.69) is 18.2 Å². The third-order valence-electron chi connectivity index (χ3n) is 5.98. The Hall–Kier alpha value is -2.40. The van der Waals surface area contributed by atoms with Crippen LogP contribution in [0.3, 0.4) is 0 Å². The summed E-state index contributed by atoms with van der Waals surface area (Å²) in [6.45, 7) is 0.274. The highest BCUT2D eigenvalue weighted by atomic mass is 16.7. The second-order valence-electron chi connectivity index (χ2n) is 7.39. The molecule has 3 aliphatic rings. The van der Waals surface area contributed by atoms with E-state index in [-0.39, 0.29) is 19.0 Å². The molecule has 0 saturated heterocycles. The normalized spacial score (nSPS) is 25.5. The van der Waals surface area contributed by atoms with Crippen LogP contribution in [-0.4, -0.2) is 27.1 Å². The molecule has 0 bridgehead atoms. The van der Waals surface area contributed by atoms with Crippen LogP contribution in [0.5, 0.6) is 23.0 Å². The Morgan fingerprint density at radius 3 is 2.41 bits per heavy atom. The Bertz CT molecular complexity index is 862. The fourth-order valence-electron chi connectivity index (χ4n) is 4.66. The Morgan fingerprint density at radius 2 is 1.59 bits per heavy atom. The number of rotatable bonds is 3. The highest BCUT2D eigenvalue weighted by Crippen LogP contribution is 2.50. The van der Waals surface area contributed by atoms with Gasteiger partial charge in [-0.15, -0.1) is 0 Å². The maximum atomic E-state index is 6.64. The zero-order valence-electron chi connectivity index (χ0n) is 15.7. The van der Waals surface area contributed by atoms with Gasteiger partial charge in [-0.25, -0.2) is 0 Å². The summed E-state index contributed by atoms with van der Waals surface area (Å²) >= 11 is 0. The van der Waals surface area contributed by atoms with Crippen molar-refractivity contribution >= 4 is 0 Å². The second kappa shape index (κ2) is 6.64. The van der Waals surface area contributed by atoms with E-state index in [1.54, 1.807) is 14.2 Å². The van der Waals surface area contributed by atoms with Gasteiger partial charge in [-0.3, -0.25) is 0 Å². The van der Waals surface area contributed by atoms with Crippen LogP contribution in [-0.2, 0) is 4.74 Å². The first-order valence-corrected chi connectivity index (χ1v) is 9.59. The number of ether oxygens (including phenoxy) is 5. The van der Waals surface area contributed by atoms with Crippen molar-refractivity contribution in [2.45, 2.75) is 43.8 Å². The summed E-state index contributed by atoms with van der Waals surface area (Å²) in [5, 5.41) is 0. The Labute approximate surface area is 159 Å². The van der Waals surface area contributed by atoms with E-state index in [0.29, 0.717) is 5.92 Å². The molecule has 5 heteroatoms. The van der Waals surface area contributed by atoms with Crippen molar-refractivity contribution < 1.29 is 23.7 Å². The van der Waals surface area contributed by atoms with E-state index in [0.717, 1.165) is 47.0 Å². The lowest BCUT2D eigenvalue weighted by atomic mass is 9.76. The fourth-order valence-corrected chi connectivity index (χ4v) is 4.66. The molecule has 1 saturated carbocycles. The number of fused-ring (bicyclic) bond motifs is 4. The first-order chi connectivity index (χ1) is 13.3. The van der Waals surface area contributed by atoms with Gasteiger partial charge < -0.3 is 23.7 Å².